The Labute approximate surface area is 109 Å². The molecule has 0 heterocycles. The van der Waals surface area contributed by atoms with Crippen molar-refractivity contribution in [2.45, 2.75) is 13.0 Å². The summed E-state index contributed by atoms with van der Waals surface area (Å²) in [6.07, 6.45) is -0.620. The molecule has 1 aromatic rings. The number of guanidine groups is 1. The summed E-state index contributed by atoms with van der Waals surface area (Å²) in [7, 11) is 0. The third-order valence-corrected chi connectivity index (χ3v) is 2.79. The third-order valence-electron chi connectivity index (χ3n) is 2.14. The monoisotopic (exact) mass is 300 g/mol. The molecule has 1 atom stereocenters. The van der Waals surface area contributed by atoms with Crippen LogP contribution in [-0.2, 0) is 0 Å². The van der Waals surface area contributed by atoms with Crippen molar-refractivity contribution in [3.8, 4) is 0 Å². The Balaban J connectivity index is 2.47. The van der Waals surface area contributed by atoms with Gasteiger partial charge in [-0.3, -0.25) is 4.99 Å². The Morgan fingerprint density at radius 1 is 1.53 bits per heavy atom. The average molecular weight is 301 g/mol. The molecule has 0 amide bonds. The fraction of sp³-hybridized carbons (Fsp3) is 0.364. The third kappa shape index (κ3) is 5.06. The molecule has 0 aliphatic heterocycles. The van der Waals surface area contributed by atoms with Crippen molar-refractivity contribution in [2.24, 2.45) is 16.5 Å². The molecule has 6 N–H and O–H groups in total. The van der Waals surface area contributed by atoms with Gasteiger partial charge < -0.3 is 21.9 Å². The first-order chi connectivity index (χ1) is 7.99. The lowest BCUT2D eigenvalue weighted by Crippen LogP contribution is -2.28. The summed E-state index contributed by atoms with van der Waals surface area (Å²) >= 11 is 3.45. The predicted molar refractivity (Wildman–Crippen MR) is 74.1 cm³/mol. The van der Waals surface area contributed by atoms with Crippen molar-refractivity contribution in [1.82, 2.24) is 0 Å². The molecule has 0 aliphatic rings. The van der Waals surface area contributed by atoms with Crippen LogP contribution in [0.4, 0.5) is 5.69 Å². The first-order valence-corrected chi connectivity index (χ1v) is 6.02. The minimum absolute atomic E-state index is 0.0134. The maximum Gasteiger partial charge on any atom is 0.185 e. The lowest BCUT2D eigenvalue weighted by atomic mass is 10.2. The number of nitrogens with one attached hydrogen (secondary N) is 1. The van der Waals surface area contributed by atoms with E-state index in [1.165, 1.54) is 5.56 Å². The summed E-state index contributed by atoms with van der Waals surface area (Å²) in [5, 5.41) is 12.7. The Bertz CT molecular complexity index is 404. The van der Waals surface area contributed by atoms with Gasteiger partial charge in [-0.05, 0) is 40.5 Å². The van der Waals surface area contributed by atoms with E-state index in [1.54, 1.807) is 0 Å². The molecular weight excluding hydrogens is 284 g/mol. The topological polar surface area (TPSA) is 96.7 Å². The molecule has 5 nitrogen and oxygen atoms in total. The van der Waals surface area contributed by atoms with Crippen molar-refractivity contribution in [3.05, 3.63) is 28.2 Å². The van der Waals surface area contributed by atoms with Crippen LogP contribution in [0.25, 0.3) is 0 Å². The zero-order chi connectivity index (χ0) is 12.8. The van der Waals surface area contributed by atoms with Gasteiger partial charge in [0, 0.05) is 16.7 Å². The van der Waals surface area contributed by atoms with Gasteiger partial charge in [-0.1, -0.05) is 6.07 Å². The molecule has 0 aromatic heterocycles. The molecular formula is C11H17BrN4O. The number of halogens is 1. The van der Waals surface area contributed by atoms with E-state index in [0.717, 1.165) is 10.2 Å². The number of hydrogen-bond acceptors (Lipinski definition) is 3. The molecule has 0 saturated heterocycles. The van der Waals surface area contributed by atoms with Gasteiger partial charge in [-0.15, -0.1) is 0 Å². The maximum absolute atomic E-state index is 9.61. The number of aliphatic imine (C=N–C) groups is 1. The molecule has 0 unspecified atom stereocenters. The van der Waals surface area contributed by atoms with E-state index >= 15 is 0 Å². The van der Waals surface area contributed by atoms with Crippen LogP contribution in [0.3, 0.4) is 0 Å². The van der Waals surface area contributed by atoms with Gasteiger partial charge in [0.25, 0.3) is 0 Å². The van der Waals surface area contributed by atoms with Gasteiger partial charge >= 0.3 is 0 Å². The van der Waals surface area contributed by atoms with Crippen LogP contribution in [0.15, 0.2) is 27.7 Å². The quantitative estimate of drug-likeness (QED) is 0.478. The molecule has 0 spiro atoms. The SMILES string of the molecule is Cc1ccc(NC[C@H](O)CN=C(N)N)c(Br)c1. The lowest BCUT2D eigenvalue weighted by molar-refractivity contribution is 0.196. The van der Waals surface area contributed by atoms with Crippen LogP contribution in [-0.4, -0.2) is 30.3 Å². The first-order valence-electron chi connectivity index (χ1n) is 5.22. The summed E-state index contributed by atoms with van der Waals surface area (Å²) in [6.45, 7) is 2.60. The molecule has 17 heavy (non-hydrogen) atoms. The van der Waals surface area contributed by atoms with E-state index in [2.05, 4.69) is 26.2 Å². The number of aliphatic hydroxyl groups excluding tert-OH is 1. The van der Waals surface area contributed by atoms with Gasteiger partial charge in [0.15, 0.2) is 5.96 Å². The van der Waals surface area contributed by atoms with E-state index in [9.17, 15) is 5.11 Å². The zero-order valence-electron chi connectivity index (χ0n) is 9.65. The van der Waals surface area contributed by atoms with Gasteiger partial charge in [-0.25, -0.2) is 0 Å². The molecule has 0 aliphatic carbocycles. The number of benzene rings is 1. The Morgan fingerprint density at radius 2 is 2.24 bits per heavy atom. The normalized spacial score (nSPS) is 11.9. The lowest BCUT2D eigenvalue weighted by Gasteiger charge is -2.12. The van der Waals surface area contributed by atoms with Gasteiger partial charge in [-0.2, -0.15) is 0 Å². The smallest absolute Gasteiger partial charge is 0.185 e. The highest BCUT2D eigenvalue weighted by atomic mass is 79.9. The number of aliphatic hydroxyl groups is 1. The number of nitrogens with zero attached hydrogens (tertiary/aromatic N) is 1. The van der Waals surface area contributed by atoms with Crippen LogP contribution in [0.5, 0.6) is 0 Å². The second-order valence-electron chi connectivity index (χ2n) is 3.78. The number of nitrogens with two attached hydrogens (primary N) is 2. The number of aryl methyl sites for hydroxylation is 1. The van der Waals surface area contributed by atoms with E-state index in [1.807, 2.05) is 25.1 Å². The fourth-order valence-electron chi connectivity index (χ4n) is 1.27. The van der Waals surface area contributed by atoms with Crippen LogP contribution in [0.1, 0.15) is 5.56 Å². The minimum atomic E-state index is -0.620. The summed E-state index contributed by atoms with van der Waals surface area (Å²) in [6, 6.07) is 5.95. The predicted octanol–water partition coefficient (Wildman–Crippen LogP) is 0.804. The molecule has 94 valence electrons. The highest BCUT2D eigenvalue weighted by molar-refractivity contribution is 9.10. The van der Waals surface area contributed by atoms with Crippen LogP contribution in [0, 0.1) is 6.92 Å². The molecule has 0 radical (unpaired) electrons. The van der Waals surface area contributed by atoms with Crippen LogP contribution < -0.4 is 16.8 Å². The van der Waals surface area contributed by atoms with Crippen molar-refractivity contribution >= 4 is 27.6 Å². The first kappa shape index (κ1) is 13.8. The van der Waals surface area contributed by atoms with E-state index in [0.29, 0.717) is 6.54 Å². The Kier molecular flexibility index (Phi) is 5.24. The second-order valence-corrected chi connectivity index (χ2v) is 4.64. The van der Waals surface area contributed by atoms with E-state index in [-0.39, 0.29) is 12.5 Å². The fourth-order valence-corrected chi connectivity index (χ4v) is 1.90. The van der Waals surface area contributed by atoms with Crippen molar-refractivity contribution in [2.75, 3.05) is 18.4 Å². The molecule has 0 fully saturated rings. The summed E-state index contributed by atoms with van der Waals surface area (Å²) in [5.74, 6) is -0.0134. The molecule has 1 rings (SSSR count). The van der Waals surface area contributed by atoms with Crippen LogP contribution in [0.2, 0.25) is 0 Å². The molecule has 6 heteroatoms. The summed E-state index contributed by atoms with van der Waals surface area (Å²) in [4.78, 5) is 3.74. The van der Waals surface area contributed by atoms with Crippen molar-refractivity contribution in [3.63, 3.8) is 0 Å². The largest absolute Gasteiger partial charge is 0.389 e. The van der Waals surface area contributed by atoms with Crippen molar-refractivity contribution < 1.29 is 5.11 Å². The summed E-state index contributed by atoms with van der Waals surface area (Å²) < 4.78 is 0.964. The van der Waals surface area contributed by atoms with Crippen molar-refractivity contribution in [1.29, 1.82) is 0 Å². The standard InChI is InChI=1S/C11H17BrN4O/c1-7-2-3-10(9(12)4-7)15-5-8(17)6-16-11(13)14/h2-4,8,15,17H,5-6H2,1H3,(H4,13,14,16)/t8-/m0/s1. The van der Waals surface area contributed by atoms with E-state index in [4.69, 9.17) is 11.5 Å². The highest BCUT2D eigenvalue weighted by Gasteiger charge is 2.05. The highest BCUT2D eigenvalue weighted by Crippen LogP contribution is 2.23. The summed E-state index contributed by atoms with van der Waals surface area (Å²) in [5.41, 5.74) is 12.5. The molecule has 1 aromatic carbocycles. The zero-order valence-corrected chi connectivity index (χ0v) is 11.2. The average Bonchev–Trinajstić information content (AvgIpc) is 2.25. The van der Waals surface area contributed by atoms with Gasteiger partial charge in [0.1, 0.15) is 0 Å². The maximum atomic E-state index is 9.61. The van der Waals surface area contributed by atoms with Crippen LogP contribution >= 0.6 is 15.9 Å². The molecule has 0 saturated carbocycles. The number of anilines is 1. The number of rotatable bonds is 5. The second kappa shape index (κ2) is 6.46. The van der Waals surface area contributed by atoms with Gasteiger partial charge in [0.05, 0.1) is 12.6 Å². The minimum Gasteiger partial charge on any atom is -0.389 e. The van der Waals surface area contributed by atoms with E-state index < -0.39 is 6.10 Å². The Morgan fingerprint density at radius 3 is 2.82 bits per heavy atom. The van der Waals surface area contributed by atoms with Gasteiger partial charge in [0.2, 0.25) is 0 Å². The Hall–Kier alpha value is -1.27. The number of hydrogen-bond donors (Lipinski definition) is 4. The molecule has 0 bridgehead atoms.